The van der Waals surface area contributed by atoms with E-state index in [-0.39, 0.29) is 12.7 Å². The van der Waals surface area contributed by atoms with Crippen molar-refractivity contribution in [1.29, 1.82) is 0 Å². The van der Waals surface area contributed by atoms with Gasteiger partial charge < -0.3 is 9.47 Å². The zero-order valence-corrected chi connectivity index (χ0v) is 12.9. The maximum atomic E-state index is 12.3. The van der Waals surface area contributed by atoms with Crippen molar-refractivity contribution in [2.24, 2.45) is 0 Å². The molecule has 0 spiro atoms. The molecule has 0 radical (unpaired) electrons. The van der Waals surface area contributed by atoms with Crippen LogP contribution in [0.3, 0.4) is 0 Å². The van der Waals surface area contributed by atoms with E-state index in [1.165, 1.54) is 0 Å². The van der Waals surface area contributed by atoms with Gasteiger partial charge in [-0.2, -0.15) is 0 Å². The fourth-order valence-electron chi connectivity index (χ4n) is 1.95. The molecule has 116 valence electrons. The van der Waals surface area contributed by atoms with Gasteiger partial charge in [-0.1, -0.05) is 60.7 Å². The van der Waals surface area contributed by atoms with Crippen LogP contribution in [0, 0.1) is 0 Å². The average molecular weight is 299 g/mol. The van der Waals surface area contributed by atoms with Crippen LogP contribution in [0.1, 0.15) is 17.2 Å². The first-order chi connectivity index (χ1) is 10.7. The fourth-order valence-corrected chi connectivity index (χ4v) is 1.95. The summed E-state index contributed by atoms with van der Waals surface area (Å²) in [6.07, 6.45) is -0.721. The molecule has 0 aliphatic carbocycles. The Hall–Kier alpha value is -2.17. The van der Waals surface area contributed by atoms with E-state index >= 15 is 0 Å². The first-order valence-corrected chi connectivity index (χ1v) is 7.18. The standard InChI is InChI=1S/C18H21NO3/c1-19(2)14-22-18(20)17(16-11-7-4-8-12-16)21-13-15-9-5-3-6-10-15/h3-12,17H,13-14H2,1-2H3. The lowest BCUT2D eigenvalue weighted by Gasteiger charge is -2.19. The predicted molar refractivity (Wildman–Crippen MR) is 85.1 cm³/mol. The van der Waals surface area contributed by atoms with Crippen LogP contribution in [0.15, 0.2) is 60.7 Å². The summed E-state index contributed by atoms with van der Waals surface area (Å²) in [5.41, 5.74) is 1.81. The second-order valence-corrected chi connectivity index (χ2v) is 5.26. The van der Waals surface area contributed by atoms with Gasteiger partial charge in [0.05, 0.1) is 6.61 Å². The molecule has 0 heterocycles. The van der Waals surface area contributed by atoms with Crippen molar-refractivity contribution in [3.05, 3.63) is 71.8 Å². The van der Waals surface area contributed by atoms with Gasteiger partial charge in [-0.05, 0) is 25.2 Å². The SMILES string of the molecule is CN(C)COC(=O)C(OCc1ccccc1)c1ccccc1. The van der Waals surface area contributed by atoms with E-state index in [1.807, 2.05) is 74.8 Å². The summed E-state index contributed by atoms with van der Waals surface area (Å²) in [5, 5.41) is 0. The lowest BCUT2D eigenvalue weighted by Crippen LogP contribution is -2.25. The van der Waals surface area contributed by atoms with Crippen LogP contribution in [-0.4, -0.2) is 31.7 Å². The van der Waals surface area contributed by atoms with E-state index in [9.17, 15) is 4.79 Å². The zero-order valence-electron chi connectivity index (χ0n) is 12.9. The van der Waals surface area contributed by atoms with Gasteiger partial charge >= 0.3 is 5.97 Å². The molecule has 4 heteroatoms. The molecule has 0 aliphatic rings. The van der Waals surface area contributed by atoms with E-state index in [0.717, 1.165) is 11.1 Å². The van der Waals surface area contributed by atoms with Crippen LogP contribution >= 0.6 is 0 Å². The summed E-state index contributed by atoms with van der Waals surface area (Å²) in [4.78, 5) is 14.1. The third-order valence-electron chi connectivity index (χ3n) is 3.04. The highest BCUT2D eigenvalue weighted by atomic mass is 16.6. The molecule has 4 nitrogen and oxygen atoms in total. The smallest absolute Gasteiger partial charge is 0.341 e. The molecule has 0 amide bonds. The van der Waals surface area contributed by atoms with Gasteiger partial charge in [0.15, 0.2) is 6.10 Å². The fraction of sp³-hybridized carbons (Fsp3) is 0.278. The number of carbonyl (C=O) groups is 1. The number of benzene rings is 2. The number of rotatable bonds is 7. The summed E-state index contributed by atoms with van der Waals surface area (Å²) in [7, 11) is 3.69. The van der Waals surface area contributed by atoms with E-state index in [0.29, 0.717) is 6.61 Å². The van der Waals surface area contributed by atoms with Crippen molar-refractivity contribution >= 4 is 5.97 Å². The Labute approximate surface area is 131 Å². The zero-order chi connectivity index (χ0) is 15.8. The second kappa shape index (κ2) is 8.32. The number of hydrogen-bond acceptors (Lipinski definition) is 4. The number of ether oxygens (including phenoxy) is 2. The molecule has 22 heavy (non-hydrogen) atoms. The van der Waals surface area contributed by atoms with Crippen LogP contribution < -0.4 is 0 Å². The summed E-state index contributed by atoms with van der Waals surface area (Å²) in [5.74, 6) is -0.379. The highest BCUT2D eigenvalue weighted by Gasteiger charge is 2.23. The van der Waals surface area contributed by atoms with Crippen LogP contribution in [0.5, 0.6) is 0 Å². The molecule has 2 aromatic carbocycles. The van der Waals surface area contributed by atoms with Crippen molar-refractivity contribution in [1.82, 2.24) is 4.90 Å². The largest absolute Gasteiger partial charge is 0.447 e. The van der Waals surface area contributed by atoms with Crippen LogP contribution in [0.2, 0.25) is 0 Å². The van der Waals surface area contributed by atoms with Crippen LogP contribution in [0.25, 0.3) is 0 Å². The molecule has 2 aromatic rings. The molecule has 0 aromatic heterocycles. The Morgan fingerprint density at radius 1 is 1.00 bits per heavy atom. The van der Waals surface area contributed by atoms with Crippen molar-refractivity contribution in [3.63, 3.8) is 0 Å². The number of hydrogen-bond donors (Lipinski definition) is 0. The minimum Gasteiger partial charge on any atom is -0.447 e. The number of esters is 1. The van der Waals surface area contributed by atoms with Gasteiger partial charge in [0.25, 0.3) is 0 Å². The van der Waals surface area contributed by atoms with Gasteiger partial charge in [0.1, 0.15) is 6.73 Å². The molecule has 0 aliphatic heterocycles. The van der Waals surface area contributed by atoms with Crippen LogP contribution in [-0.2, 0) is 20.9 Å². The average Bonchev–Trinajstić information content (AvgIpc) is 2.55. The van der Waals surface area contributed by atoms with Crippen molar-refractivity contribution < 1.29 is 14.3 Å². The Kier molecular flexibility index (Phi) is 6.13. The van der Waals surface area contributed by atoms with Crippen LogP contribution in [0.4, 0.5) is 0 Å². The van der Waals surface area contributed by atoms with Gasteiger partial charge in [-0.15, -0.1) is 0 Å². The highest BCUT2D eigenvalue weighted by molar-refractivity contribution is 5.76. The first-order valence-electron chi connectivity index (χ1n) is 7.18. The maximum Gasteiger partial charge on any atom is 0.341 e. The normalized spacial score (nSPS) is 12.1. The molecule has 1 atom stereocenters. The Morgan fingerprint density at radius 3 is 2.18 bits per heavy atom. The monoisotopic (exact) mass is 299 g/mol. The van der Waals surface area contributed by atoms with Crippen molar-refractivity contribution in [3.8, 4) is 0 Å². The lowest BCUT2D eigenvalue weighted by atomic mass is 10.1. The number of carbonyl (C=O) groups excluding carboxylic acids is 1. The van der Waals surface area contributed by atoms with E-state index in [4.69, 9.17) is 9.47 Å². The minimum absolute atomic E-state index is 0.233. The van der Waals surface area contributed by atoms with Crippen molar-refractivity contribution in [2.45, 2.75) is 12.7 Å². The van der Waals surface area contributed by atoms with Gasteiger partial charge in [0, 0.05) is 0 Å². The molecule has 0 saturated heterocycles. The first kappa shape index (κ1) is 16.2. The molecule has 0 bridgehead atoms. The molecule has 2 rings (SSSR count). The Morgan fingerprint density at radius 2 is 1.59 bits per heavy atom. The quantitative estimate of drug-likeness (QED) is 0.582. The highest BCUT2D eigenvalue weighted by Crippen LogP contribution is 2.20. The number of nitrogens with zero attached hydrogens (tertiary/aromatic N) is 1. The third kappa shape index (κ3) is 4.98. The van der Waals surface area contributed by atoms with E-state index < -0.39 is 6.10 Å². The summed E-state index contributed by atoms with van der Waals surface area (Å²) < 4.78 is 11.1. The maximum absolute atomic E-state index is 12.3. The molecule has 0 fully saturated rings. The van der Waals surface area contributed by atoms with Gasteiger partial charge in [-0.25, -0.2) is 4.79 Å². The molecular formula is C18H21NO3. The summed E-state index contributed by atoms with van der Waals surface area (Å²) in [6, 6.07) is 19.2. The molecule has 0 N–H and O–H groups in total. The van der Waals surface area contributed by atoms with E-state index in [1.54, 1.807) is 4.90 Å². The lowest BCUT2D eigenvalue weighted by molar-refractivity contribution is -0.162. The third-order valence-corrected chi connectivity index (χ3v) is 3.04. The van der Waals surface area contributed by atoms with E-state index in [2.05, 4.69) is 0 Å². The topological polar surface area (TPSA) is 38.8 Å². The summed E-state index contributed by atoms with van der Waals surface area (Å²) in [6.45, 7) is 0.592. The summed E-state index contributed by atoms with van der Waals surface area (Å²) >= 11 is 0. The van der Waals surface area contributed by atoms with Gasteiger partial charge in [-0.3, -0.25) is 4.90 Å². The Balaban J connectivity index is 2.06. The molecule has 0 saturated carbocycles. The molecular weight excluding hydrogens is 278 g/mol. The molecule has 1 unspecified atom stereocenters. The van der Waals surface area contributed by atoms with Gasteiger partial charge in [0.2, 0.25) is 0 Å². The predicted octanol–water partition coefficient (Wildman–Crippen LogP) is 3.01. The Bertz CT molecular complexity index is 569. The van der Waals surface area contributed by atoms with Crippen molar-refractivity contribution in [2.75, 3.05) is 20.8 Å². The minimum atomic E-state index is -0.721. The second-order valence-electron chi connectivity index (χ2n) is 5.26.